The van der Waals surface area contributed by atoms with Crippen molar-refractivity contribution in [2.45, 2.75) is 90.3 Å². The number of hydrogen-bond donors (Lipinski definition) is 1. The number of rotatable bonds is 8. The van der Waals surface area contributed by atoms with Gasteiger partial charge in [-0.3, -0.25) is 4.79 Å². The minimum absolute atomic E-state index is 0.0239. The summed E-state index contributed by atoms with van der Waals surface area (Å²) in [4.78, 5) is 18.7. The highest BCUT2D eigenvalue weighted by atomic mass is 19.4. The van der Waals surface area contributed by atoms with Gasteiger partial charge in [-0.1, -0.05) is 20.3 Å². The van der Waals surface area contributed by atoms with Crippen molar-refractivity contribution in [2.24, 2.45) is 10.8 Å². The van der Waals surface area contributed by atoms with Gasteiger partial charge in [0, 0.05) is 36.3 Å². The normalized spacial score (nSPS) is 21.8. The van der Waals surface area contributed by atoms with Gasteiger partial charge in [0.15, 0.2) is 23.1 Å². The molecule has 1 saturated heterocycles. The summed E-state index contributed by atoms with van der Waals surface area (Å²) in [5.41, 5.74) is -0.583. The molecule has 0 bridgehead atoms. The van der Waals surface area contributed by atoms with Gasteiger partial charge in [-0.05, 0) is 56.8 Å². The number of alkyl halides is 3. The number of hydrogen-bond acceptors (Lipinski definition) is 5. The third-order valence-corrected chi connectivity index (χ3v) is 8.93. The SMILES string of the molecule is CCC1(CC)CN(c2nc(C(=O)Nc3cc(F)c(OC4CCCC5(CCC5)C4)c(F)c3)c(CC(F)(F)F)o2)C1. The molecule has 1 spiro atoms. The minimum Gasteiger partial charge on any atom is -0.484 e. The number of benzene rings is 1. The lowest BCUT2D eigenvalue weighted by Gasteiger charge is -2.49. The highest BCUT2D eigenvalue weighted by Gasteiger charge is 2.44. The minimum atomic E-state index is -4.65. The largest absolute Gasteiger partial charge is 0.484 e. The van der Waals surface area contributed by atoms with Crippen molar-refractivity contribution in [3.63, 3.8) is 0 Å². The molecule has 1 amide bonds. The first-order valence-electron chi connectivity index (χ1n) is 13.7. The molecule has 2 heterocycles. The molecular weight excluding hydrogens is 521 g/mol. The summed E-state index contributed by atoms with van der Waals surface area (Å²) >= 11 is 0. The van der Waals surface area contributed by atoms with Crippen molar-refractivity contribution in [3.05, 3.63) is 35.2 Å². The Hall–Kier alpha value is -2.85. The molecule has 0 radical (unpaired) electrons. The Bertz CT molecular complexity index is 1190. The summed E-state index contributed by atoms with van der Waals surface area (Å²) in [6.45, 7) is 5.18. The maximum Gasteiger partial charge on any atom is 0.396 e. The Morgan fingerprint density at radius 3 is 2.33 bits per heavy atom. The highest BCUT2D eigenvalue weighted by Crippen LogP contribution is 2.52. The third-order valence-electron chi connectivity index (χ3n) is 8.93. The van der Waals surface area contributed by atoms with Crippen LogP contribution < -0.4 is 15.0 Å². The van der Waals surface area contributed by atoms with E-state index in [1.54, 1.807) is 4.90 Å². The summed E-state index contributed by atoms with van der Waals surface area (Å²) in [6.07, 6.45) is 2.25. The molecule has 6 nitrogen and oxygen atoms in total. The number of nitrogens with zero attached hydrogens (tertiary/aromatic N) is 2. The zero-order chi connectivity index (χ0) is 28.0. The van der Waals surface area contributed by atoms with Gasteiger partial charge < -0.3 is 19.4 Å². The quantitative estimate of drug-likeness (QED) is 0.343. The van der Waals surface area contributed by atoms with Crippen LogP contribution in [0.5, 0.6) is 5.75 Å². The average molecular weight is 556 g/mol. The smallest absolute Gasteiger partial charge is 0.396 e. The second-order valence-electron chi connectivity index (χ2n) is 11.5. The molecule has 1 aliphatic heterocycles. The first-order chi connectivity index (χ1) is 18.4. The maximum atomic E-state index is 14.9. The van der Waals surface area contributed by atoms with Crippen molar-refractivity contribution in [3.8, 4) is 5.75 Å². The highest BCUT2D eigenvalue weighted by molar-refractivity contribution is 6.03. The molecule has 1 atom stereocenters. The van der Waals surface area contributed by atoms with Gasteiger partial charge in [0.25, 0.3) is 11.9 Å². The van der Waals surface area contributed by atoms with Crippen molar-refractivity contribution in [1.82, 2.24) is 4.98 Å². The van der Waals surface area contributed by atoms with E-state index < -0.39 is 47.3 Å². The van der Waals surface area contributed by atoms with Crippen molar-refractivity contribution >= 4 is 17.6 Å². The number of carbonyl (C=O) groups excluding carboxylic acids is 1. The zero-order valence-corrected chi connectivity index (χ0v) is 22.2. The number of amides is 1. The Labute approximate surface area is 224 Å². The van der Waals surface area contributed by atoms with Gasteiger partial charge in [-0.25, -0.2) is 8.78 Å². The Kier molecular flexibility index (Phi) is 7.30. The van der Waals surface area contributed by atoms with Gasteiger partial charge in [-0.2, -0.15) is 18.2 Å². The first kappa shape index (κ1) is 27.7. The molecule has 1 unspecified atom stereocenters. The molecule has 2 aromatic rings. The number of anilines is 2. The maximum absolute atomic E-state index is 14.9. The molecule has 1 aromatic heterocycles. The molecule has 5 rings (SSSR count). The summed E-state index contributed by atoms with van der Waals surface area (Å²) < 4.78 is 80.6. The molecule has 2 aliphatic carbocycles. The predicted octanol–water partition coefficient (Wildman–Crippen LogP) is 7.43. The number of aromatic nitrogens is 1. The van der Waals surface area contributed by atoms with Crippen LogP contribution in [0.1, 0.15) is 87.9 Å². The van der Waals surface area contributed by atoms with Gasteiger partial charge in [-0.15, -0.1) is 0 Å². The monoisotopic (exact) mass is 555 g/mol. The fourth-order valence-electron chi connectivity index (χ4n) is 6.27. The molecule has 1 aromatic carbocycles. The number of ether oxygens (including phenoxy) is 1. The standard InChI is InChI=1S/C28H34F5N3O3/c1-3-26(4-2)15-36(16-26)25-35-22(21(39-25)14-28(31,32)33)24(37)34-17-11-19(29)23(20(30)12-17)38-18-7-5-8-27(13-18)9-6-10-27/h11-12,18H,3-10,13-16H2,1-2H3,(H,34,37). The molecule has 1 N–H and O–H groups in total. The van der Waals surface area contributed by atoms with E-state index in [2.05, 4.69) is 10.3 Å². The van der Waals surface area contributed by atoms with Crippen LogP contribution in [0.2, 0.25) is 0 Å². The van der Waals surface area contributed by atoms with E-state index in [1.807, 2.05) is 13.8 Å². The summed E-state index contributed by atoms with van der Waals surface area (Å²) in [6, 6.07) is 1.72. The molecule has 214 valence electrons. The number of halogens is 5. The van der Waals surface area contributed by atoms with E-state index in [4.69, 9.17) is 9.15 Å². The fraction of sp³-hybridized carbons (Fsp3) is 0.643. The fourth-order valence-corrected chi connectivity index (χ4v) is 6.27. The Morgan fingerprint density at radius 1 is 1.13 bits per heavy atom. The number of nitrogens with one attached hydrogen (secondary N) is 1. The average Bonchev–Trinajstić information content (AvgIpc) is 3.22. The van der Waals surface area contributed by atoms with Crippen LogP contribution in [0, 0.1) is 22.5 Å². The van der Waals surface area contributed by atoms with E-state index in [9.17, 15) is 26.7 Å². The van der Waals surface area contributed by atoms with Gasteiger partial charge in [0.1, 0.15) is 12.2 Å². The van der Waals surface area contributed by atoms with Crippen molar-refractivity contribution in [2.75, 3.05) is 23.3 Å². The lowest BCUT2D eigenvalue weighted by atomic mass is 9.60. The van der Waals surface area contributed by atoms with Crippen LogP contribution in [0.15, 0.2) is 16.5 Å². The second kappa shape index (κ2) is 10.3. The molecule has 3 fully saturated rings. The van der Waals surface area contributed by atoms with Gasteiger partial charge >= 0.3 is 6.18 Å². The van der Waals surface area contributed by atoms with Crippen LogP contribution in [0.4, 0.5) is 33.7 Å². The first-order valence-corrected chi connectivity index (χ1v) is 13.7. The Morgan fingerprint density at radius 2 is 1.77 bits per heavy atom. The summed E-state index contributed by atoms with van der Waals surface area (Å²) in [5, 5.41) is 2.27. The summed E-state index contributed by atoms with van der Waals surface area (Å²) in [5.74, 6) is -4.20. The van der Waals surface area contributed by atoms with Crippen molar-refractivity contribution in [1.29, 1.82) is 0 Å². The summed E-state index contributed by atoms with van der Waals surface area (Å²) in [7, 11) is 0. The lowest BCUT2D eigenvalue weighted by Crippen LogP contribution is -2.56. The van der Waals surface area contributed by atoms with Crippen LogP contribution >= 0.6 is 0 Å². The second-order valence-corrected chi connectivity index (χ2v) is 11.5. The van der Waals surface area contributed by atoms with E-state index in [0.717, 1.165) is 63.5 Å². The van der Waals surface area contributed by atoms with Crippen LogP contribution in [-0.2, 0) is 6.42 Å². The topological polar surface area (TPSA) is 67.6 Å². The van der Waals surface area contributed by atoms with E-state index in [-0.39, 0.29) is 28.6 Å². The number of carbonyl (C=O) groups is 1. The van der Waals surface area contributed by atoms with E-state index in [1.165, 1.54) is 0 Å². The van der Waals surface area contributed by atoms with Gasteiger partial charge in [0.2, 0.25) is 0 Å². The Balaban J connectivity index is 1.31. The van der Waals surface area contributed by atoms with Crippen LogP contribution in [0.3, 0.4) is 0 Å². The predicted molar refractivity (Wildman–Crippen MR) is 135 cm³/mol. The van der Waals surface area contributed by atoms with Crippen LogP contribution in [-0.4, -0.2) is 36.3 Å². The molecule has 39 heavy (non-hydrogen) atoms. The van der Waals surface area contributed by atoms with E-state index in [0.29, 0.717) is 19.5 Å². The van der Waals surface area contributed by atoms with Crippen LogP contribution in [0.25, 0.3) is 0 Å². The van der Waals surface area contributed by atoms with Gasteiger partial charge in [0.05, 0.1) is 6.10 Å². The molecule has 3 aliphatic rings. The zero-order valence-electron chi connectivity index (χ0n) is 22.2. The number of oxazole rings is 1. The van der Waals surface area contributed by atoms with Crippen molar-refractivity contribution < 1.29 is 35.9 Å². The molecular formula is C28H34F5N3O3. The molecule has 2 saturated carbocycles. The van der Waals surface area contributed by atoms with E-state index >= 15 is 0 Å². The molecule has 11 heteroatoms. The third kappa shape index (κ3) is 5.72. The lowest BCUT2D eigenvalue weighted by molar-refractivity contribution is -0.130.